The smallest absolute Gasteiger partial charge is 0.306 e. The molecule has 0 aromatic heterocycles. The lowest BCUT2D eigenvalue weighted by atomic mass is 10.0. The lowest BCUT2D eigenvalue weighted by molar-refractivity contribution is -0.167. The van der Waals surface area contributed by atoms with Gasteiger partial charge in [0.2, 0.25) is 0 Å². The van der Waals surface area contributed by atoms with Gasteiger partial charge < -0.3 is 14.2 Å². The average molecular weight is 1150 g/mol. The zero-order valence-corrected chi connectivity index (χ0v) is 55.3. The van der Waals surface area contributed by atoms with Gasteiger partial charge in [0, 0.05) is 19.3 Å². The zero-order valence-electron chi connectivity index (χ0n) is 55.3. The monoisotopic (exact) mass is 1150 g/mol. The number of rotatable bonds is 68. The first-order valence-corrected chi connectivity index (χ1v) is 36.6. The summed E-state index contributed by atoms with van der Waals surface area (Å²) in [5.41, 5.74) is 0. The number of allylic oxidation sites excluding steroid dienone is 8. The van der Waals surface area contributed by atoms with E-state index in [1.165, 1.54) is 276 Å². The van der Waals surface area contributed by atoms with Gasteiger partial charge in [-0.1, -0.05) is 345 Å². The highest BCUT2D eigenvalue weighted by molar-refractivity contribution is 5.71. The summed E-state index contributed by atoms with van der Waals surface area (Å²) in [6, 6.07) is 0. The SMILES string of the molecule is CCCCCC/C=C\CCCCCCCC(=O)OCC(COC(=O)CCCCCCCCCCCCCCCCCCCCCCCCCCCCCCCC)OC(=O)CCCCCCCC/C=C\C/C=C\C/C=C\CCCCCCC. The van der Waals surface area contributed by atoms with Gasteiger partial charge in [-0.15, -0.1) is 0 Å². The summed E-state index contributed by atoms with van der Waals surface area (Å²) in [4.78, 5) is 38.4. The predicted octanol–water partition coefficient (Wildman–Crippen LogP) is 25.3. The van der Waals surface area contributed by atoms with E-state index >= 15 is 0 Å². The van der Waals surface area contributed by atoms with Gasteiger partial charge in [0.25, 0.3) is 0 Å². The lowest BCUT2D eigenvalue weighted by Gasteiger charge is -2.18. The molecule has 0 heterocycles. The minimum Gasteiger partial charge on any atom is -0.462 e. The number of carbonyl (C=O) groups excluding carboxylic acids is 3. The zero-order chi connectivity index (χ0) is 59.2. The highest BCUT2D eigenvalue weighted by Gasteiger charge is 2.19. The molecule has 0 aliphatic heterocycles. The van der Waals surface area contributed by atoms with Crippen LogP contribution in [-0.4, -0.2) is 37.2 Å². The minimum absolute atomic E-state index is 0.0774. The molecular formula is C76H140O6. The van der Waals surface area contributed by atoms with Crippen molar-refractivity contribution in [1.29, 1.82) is 0 Å². The van der Waals surface area contributed by atoms with Crippen molar-refractivity contribution >= 4 is 17.9 Å². The maximum Gasteiger partial charge on any atom is 0.306 e. The molecule has 0 rings (SSSR count). The van der Waals surface area contributed by atoms with Crippen molar-refractivity contribution in [3.63, 3.8) is 0 Å². The largest absolute Gasteiger partial charge is 0.462 e. The summed E-state index contributed by atoms with van der Waals surface area (Å²) in [7, 11) is 0. The van der Waals surface area contributed by atoms with Crippen molar-refractivity contribution in [2.45, 2.75) is 406 Å². The summed E-state index contributed by atoms with van der Waals surface area (Å²) < 4.78 is 17.0. The van der Waals surface area contributed by atoms with Gasteiger partial charge in [0.05, 0.1) is 0 Å². The number of hydrogen-bond acceptors (Lipinski definition) is 6. The first-order valence-electron chi connectivity index (χ1n) is 36.6. The fraction of sp³-hybridized carbons (Fsp3) is 0.855. The van der Waals surface area contributed by atoms with Gasteiger partial charge in [0.1, 0.15) is 13.2 Å². The van der Waals surface area contributed by atoms with E-state index in [1.54, 1.807) is 0 Å². The number of esters is 3. The van der Waals surface area contributed by atoms with Gasteiger partial charge in [-0.2, -0.15) is 0 Å². The molecule has 0 amide bonds. The van der Waals surface area contributed by atoms with Crippen LogP contribution in [0.2, 0.25) is 0 Å². The average Bonchev–Trinajstić information content (AvgIpc) is 3.47. The molecule has 0 saturated carbocycles. The Hall–Kier alpha value is -2.63. The summed E-state index contributed by atoms with van der Waals surface area (Å²) in [5.74, 6) is -0.874. The van der Waals surface area contributed by atoms with Gasteiger partial charge in [0.15, 0.2) is 6.10 Å². The Labute approximate surface area is 511 Å². The van der Waals surface area contributed by atoms with Crippen LogP contribution in [0.4, 0.5) is 0 Å². The first-order chi connectivity index (χ1) is 40.5. The van der Waals surface area contributed by atoms with Crippen LogP contribution < -0.4 is 0 Å². The molecule has 0 N–H and O–H groups in total. The molecule has 0 aliphatic rings. The van der Waals surface area contributed by atoms with E-state index in [2.05, 4.69) is 69.4 Å². The molecule has 6 nitrogen and oxygen atoms in total. The van der Waals surface area contributed by atoms with Gasteiger partial charge >= 0.3 is 17.9 Å². The Morgan fingerprint density at radius 1 is 0.244 bits per heavy atom. The van der Waals surface area contributed by atoms with Crippen LogP contribution in [0, 0.1) is 0 Å². The molecule has 0 aromatic rings. The molecule has 0 saturated heterocycles. The number of ether oxygens (including phenoxy) is 3. The van der Waals surface area contributed by atoms with Gasteiger partial charge in [-0.05, 0) is 83.5 Å². The summed E-state index contributed by atoms with van der Waals surface area (Å²) in [6.07, 6.45) is 90.2. The molecule has 82 heavy (non-hydrogen) atoms. The number of hydrogen-bond donors (Lipinski definition) is 0. The van der Waals surface area contributed by atoms with E-state index in [9.17, 15) is 14.4 Å². The molecule has 1 atom stereocenters. The molecule has 0 fully saturated rings. The van der Waals surface area contributed by atoms with E-state index in [-0.39, 0.29) is 31.1 Å². The number of carbonyl (C=O) groups is 3. The van der Waals surface area contributed by atoms with Crippen LogP contribution in [0.5, 0.6) is 0 Å². The Balaban J connectivity index is 4.20. The fourth-order valence-corrected chi connectivity index (χ4v) is 11.0. The Morgan fingerprint density at radius 3 is 0.707 bits per heavy atom. The molecular weight excluding hydrogens is 1010 g/mol. The maximum atomic E-state index is 12.9. The van der Waals surface area contributed by atoms with Crippen LogP contribution in [0.3, 0.4) is 0 Å². The maximum absolute atomic E-state index is 12.9. The topological polar surface area (TPSA) is 78.9 Å². The molecule has 0 spiro atoms. The minimum atomic E-state index is -0.784. The van der Waals surface area contributed by atoms with E-state index in [0.29, 0.717) is 19.3 Å². The van der Waals surface area contributed by atoms with Crippen molar-refractivity contribution in [3.8, 4) is 0 Å². The second kappa shape index (κ2) is 70.9. The third-order valence-electron chi connectivity index (χ3n) is 16.6. The second-order valence-corrected chi connectivity index (χ2v) is 24.9. The third kappa shape index (κ3) is 68.2. The Morgan fingerprint density at radius 2 is 0.439 bits per heavy atom. The van der Waals surface area contributed by atoms with Crippen LogP contribution in [0.1, 0.15) is 400 Å². The molecule has 480 valence electrons. The first kappa shape index (κ1) is 79.4. The van der Waals surface area contributed by atoms with Crippen LogP contribution in [-0.2, 0) is 28.6 Å². The van der Waals surface area contributed by atoms with Crippen molar-refractivity contribution in [2.24, 2.45) is 0 Å². The Bertz CT molecular complexity index is 1410. The van der Waals surface area contributed by atoms with Gasteiger partial charge in [-0.25, -0.2) is 0 Å². The second-order valence-electron chi connectivity index (χ2n) is 24.9. The molecule has 6 heteroatoms. The predicted molar refractivity (Wildman–Crippen MR) is 358 cm³/mol. The third-order valence-corrected chi connectivity index (χ3v) is 16.6. The fourth-order valence-electron chi connectivity index (χ4n) is 11.0. The van der Waals surface area contributed by atoms with E-state index in [1.807, 2.05) is 0 Å². The van der Waals surface area contributed by atoms with Crippen LogP contribution in [0.25, 0.3) is 0 Å². The lowest BCUT2D eigenvalue weighted by Crippen LogP contribution is -2.30. The van der Waals surface area contributed by atoms with E-state index in [0.717, 1.165) is 83.5 Å². The quantitative estimate of drug-likeness (QED) is 0.0261. The molecule has 0 radical (unpaired) electrons. The van der Waals surface area contributed by atoms with Crippen LogP contribution >= 0.6 is 0 Å². The molecule has 0 aliphatic carbocycles. The van der Waals surface area contributed by atoms with Crippen LogP contribution in [0.15, 0.2) is 48.6 Å². The van der Waals surface area contributed by atoms with Crippen molar-refractivity contribution in [1.82, 2.24) is 0 Å². The molecule has 0 aromatic carbocycles. The Kier molecular flexibility index (Phi) is 68.6. The highest BCUT2D eigenvalue weighted by Crippen LogP contribution is 2.19. The molecule has 0 bridgehead atoms. The van der Waals surface area contributed by atoms with E-state index < -0.39 is 6.10 Å². The summed E-state index contributed by atoms with van der Waals surface area (Å²) >= 11 is 0. The van der Waals surface area contributed by atoms with Crippen molar-refractivity contribution in [2.75, 3.05) is 13.2 Å². The summed E-state index contributed by atoms with van der Waals surface area (Å²) in [6.45, 7) is 6.66. The standard InChI is InChI=1S/C76H140O6/c1-4-7-10-13-16-19-22-25-27-29-31-33-34-35-36-37-38-39-40-41-43-44-46-48-51-54-57-60-63-66-69-75(78)81-72-73(71-80-74(77)68-65-62-59-56-53-50-24-21-18-15-12-9-6-3)82-76(79)70-67-64-61-58-55-52-49-47-45-42-32-30-28-26-23-20-17-14-11-8-5-2/h21,23-24,26,30,32,45,47,73H,4-20,22,25,27-29,31,33-44,46,48-72H2,1-3H3/b24-21-,26-23-,32-30-,47-45-. The highest BCUT2D eigenvalue weighted by atomic mass is 16.6. The van der Waals surface area contributed by atoms with E-state index in [4.69, 9.17) is 14.2 Å². The van der Waals surface area contributed by atoms with Crippen molar-refractivity contribution < 1.29 is 28.6 Å². The molecule has 1 unspecified atom stereocenters. The summed E-state index contributed by atoms with van der Waals surface area (Å²) in [5, 5.41) is 0. The van der Waals surface area contributed by atoms with Crippen molar-refractivity contribution in [3.05, 3.63) is 48.6 Å². The van der Waals surface area contributed by atoms with Gasteiger partial charge in [-0.3, -0.25) is 14.4 Å². The normalized spacial score (nSPS) is 12.3. The number of unbranched alkanes of at least 4 members (excludes halogenated alkanes) is 49.